The Morgan fingerprint density at radius 1 is 0.938 bits per heavy atom. The summed E-state index contributed by atoms with van der Waals surface area (Å²) in [6, 6.07) is 18.0. The maximum absolute atomic E-state index is 6.56. The topological polar surface area (TPSA) is 69.3 Å². The van der Waals surface area contributed by atoms with Gasteiger partial charge in [-0.05, 0) is 35.7 Å². The molecule has 2 saturated heterocycles. The van der Waals surface area contributed by atoms with Crippen molar-refractivity contribution in [1.82, 2.24) is 15.0 Å². The zero-order chi connectivity index (χ0) is 21.7. The lowest BCUT2D eigenvalue weighted by atomic mass is 10.0. The quantitative estimate of drug-likeness (QED) is 0.426. The number of rotatable bonds is 4. The Hall–Kier alpha value is -2.64. The number of benzene rings is 2. The Bertz CT molecular complexity index is 1290. The highest BCUT2D eigenvalue weighted by Crippen LogP contribution is 2.33. The first-order valence-corrected chi connectivity index (χ1v) is 11.2. The molecule has 0 saturated carbocycles. The second-order valence-electron chi connectivity index (χ2n) is 7.97. The number of aromatic amines is 1. The summed E-state index contributed by atoms with van der Waals surface area (Å²) in [5, 5.41) is 1.24. The van der Waals surface area contributed by atoms with E-state index in [0.717, 1.165) is 23.1 Å². The second-order valence-corrected chi connectivity index (χ2v) is 8.82. The van der Waals surface area contributed by atoms with Crippen molar-refractivity contribution in [2.24, 2.45) is 0 Å². The fourth-order valence-electron chi connectivity index (χ4n) is 4.32. The van der Waals surface area contributed by atoms with Crippen LogP contribution in [0.5, 0.6) is 6.01 Å². The molecule has 32 heavy (non-hydrogen) atoms. The van der Waals surface area contributed by atoms with E-state index < -0.39 is 0 Å². The third kappa shape index (κ3) is 3.63. The summed E-state index contributed by atoms with van der Waals surface area (Å²) in [5.41, 5.74) is 4.94. The molecule has 3 unspecified atom stereocenters. The fraction of sp³-hybridized carbons (Fsp3) is 0.250. The molecule has 3 atom stereocenters. The molecule has 2 aromatic carbocycles. The number of nitrogens with one attached hydrogen (secondary N) is 1. The van der Waals surface area contributed by atoms with Gasteiger partial charge in [-0.15, -0.1) is 0 Å². The summed E-state index contributed by atoms with van der Waals surface area (Å²) in [6.45, 7) is 1.19. The maximum atomic E-state index is 6.56. The van der Waals surface area contributed by atoms with E-state index in [1.807, 2.05) is 54.6 Å². The highest BCUT2D eigenvalue weighted by molar-refractivity contribution is 6.33. The van der Waals surface area contributed by atoms with Crippen LogP contribution in [0.4, 0.5) is 0 Å². The third-order valence-corrected chi connectivity index (χ3v) is 6.43. The smallest absolute Gasteiger partial charge is 0.296 e. The van der Waals surface area contributed by atoms with Crippen molar-refractivity contribution in [3.8, 4) is 28.4 Å². The minimum Gasteiger partial charge on any atom is -0.456 e. The number of H-pyrrole nitrogens is 1. The lowest BCUT2D eigenvalue weighted by Gasteiger charge is -2.15. The number of halogens is 2. The van der Waals surface area contributed by atoms with Crippen LogP contribution in [0, 0.1) is 0 Å². The SMILES string of the molecule is Clc1cccc(-c2ccc(-c3nc4nc(OC5COC6CCOC65)[nH]c4cc3Cl)cc2)c1. The normalized spacial score (nSPS) is 22.4. The van der Waals surface area contributed by atoms with Gasteiger partial charge in [0.25, 0.3) is 6.01 Å². The van der Waals surface area contributed by atoms with Gasteiger partial charge in [-0.1, -0.05) is 59.6 Å². The molecule has 0 spiro atoms. The number of aromatic nitrogens is 3. The second kappa shape index (κ2) is 8.05. The van der Waals surface area contributed by atoms with Crippen LogP contribution >= 0.6 is 23.2 Å². The van der Waals surface area contributed by atoms with Crippen molar-refractivity contribution < 1.29 is 14.2 Å². The largest absolute Gasteiger partial charge is 0.456 e. The van der Waals surface area contributed by atoms with E-state index in [-0.39, 0.29) is 18.3 Å². The van der Waals surface area contributed by atoms with Gasteiger partial charge in [0, 0.05) is 17.2 Å². The predicted molar refractivity (Wildman–Crippen MR) is 123 cm³/mol. The summed E-state index contributed by atoms with van der Waals surface area (Å²) < 4.78 is 17.5. The van der Waals surface area contributed by atoms with E-state index in [0.29, 0.717) is 46.1 Å². The Balaban J connectivity index is 1.27. The first kappa shape index (κ1) is 20.0. The van der Waals surface area contributed by atoms with Crippen molar-refractivity contribution in [3.63, 3.8) is 0 Å². The van der Waals surface area contributed by atoms with Gasteiger partial charge in [0.2, 0.25) is 0 Å². The maximum Gasteiger partial charge on any atom is 0.296 e. The van der Waals surface area contributed by atoms with Crippen LogP contribution in [0.15, 0.2) is 54.6 Å². The number of pyridine rings is 1. The van der Waals surface area contributed by atoms with Gasteiger partial charge in [0.15, 0.2) is 11.8 Å². The number of hydrogen-bond acceptors (Lipinski definition) is 5. The van der Waals surface area contributed by atoms with Crippen LogP contribution in [-0.2, 0) is 9.47 Å². The summed E-state index contributed by atoms with van der Waals surface area (Å²) >= 11 is 12.7. The molecule has 2 aliphatic heterocycles. The van der Waals surface area contributed by atoms with Gasteiger partial charge in [0.1, 0.15) is 6.10 Å². The van der Waals surface area contributed by atoms with Crippen LogP contribution < -0.4 is 4.74 Å². The van der Waals surface area contributed by atoms with Crippen LogP contribution in [0.1, 0.15) is 6.42 Å². The molecule has 6 rings (SSSR count). The number of imidazole rings is 1. The molecule has 162 valence electrons. The fourth-order valence-corrected chi connectivity index (χ4v) is 4.77. The minimum absolute atomic E-state index is 0.0478. The average molecular weight is 468 g/mol. The van der Waals surface area contributed by atoms with Crippen molar-refractivity contribution in [3.05, 3.63) is 64.6 Å². The molecule has 0 aliphatic carbocycles. The van der Waals surface area contributed by atoms with Gasteiger partial charge in [-0.2, -0.15) is 4.98 Å². The van der Waals surface area contributed by atoms with Crippen molar-refractivity contribution >= 4 is 34.4 Å². The standard InChI is InChI=1S/C24H19Cl2N3O3/c25-16-3-1-2-15(10-16)13-4-6-14(7-5-13)21-17(26)11-18-23(28-21)29-24(27-18)32-20-12-31-19-8-9-30-22(19)20/h1-7,10-11,19-20,22H,8-9,12H2,(H,27,28,29). The van der Waals surface area contributed by atoms with E-state index in [9.17, 15) is 0 Å². The van der Waals surface area contributed by atoms with Gasteiger partial charge < -0.3 is 19.2 Å². The zero-order valence-corrected chi connectivity index (χ0v) is 18.4. The number of ether oxygens (including phenoxy) is 3. The first-order valence-electron chi connectivity index (χ1n) is 10.5. The molecule has 2 aliphatic rings. The lowest BCUT2D eigenvalue weighted by Crippen LogP contribution is -2.32. The van der Waals surface area contributed by atoms with Crippen LogP contribution in [-0.4, -0.2) is 46.5 Å². The molecular formula is C24H19Cl2N3O3. The van der Waals surface area contributed by atoms with Crippen molar-refractivity contribution in [1.29, 1.82) is 0 Å². The number of fused-ring (bicyclic) bond motifs is 2. The highest BCUT2D eigenvalue weighted by Gasteiger charge is 2.43. The molecule has 0 bridgehead atoms. The number of hydrogen-bond donors (Lipinski definition) is 1. The summed E-state index contributed by atoms with van der Waals surface area (Å²) in [7, 11) is 0. The first-order chi connectivity index (χ1) is 15.6. The molecule has 6 nitrogen and oxygen atoms in total. The molecule has 1 N–H and O–H groups in total. The Morgan fingerprint density at radius 2 is 1.78 bits per heavy atom. The van der Waals surface area contributed by atoms with E-state index >= 15 is 0 Å². The summed E-state index contributed by atoms with van der Waals surface area (Å²) in [5.74, 6) is 0. The van der Waals surface area contributed by atoms with E-state index in [2.05, 4.69) is 15.0 Å². The lowest BCUT2D eigenvalue weighted by molar-refractivity contribution is 0.0273. The van der Waals surface area contributed by atoms with Crippen LogP contribution in [0.2, 0.25) is 10.0 Å². The molecule has 2 aromatic heterocycles. The van der Waals surface area contributed by atoms with Gasteiger partial charge in [0.05, 0.1) is 28.9 Å². The average Bonchev–Trinajstić information content (AvgIpc) is 3.50. The molecular weight excluding hydrogens is 449 g/mol. The Morgan fingerprint density at radius 3 is 2.62 bits per heavy atom. The monoisotopic (exact) mass is 467 g/mol. The highest BCUT2D eigenvalue weighted by atomic mass is 35.5. The molecule has 0 radical (unpaired) electrons. The van der Waals surface area contributed by atoms with Crippen molar-refractivity contribution in [2.75, 3.05) is 13.2 Å². The molecule has 0 amide bonds. The summed E-state index contributed by atoms with van der Waals surface area (Å²) in [4.78, 5) is 12.4. The molecule has 4 aromatic rings. The third-order valence-electron chi connectivity index (χ3n) is 5.90. The van der Waals surface area contributed by atoms with E-state index in [1.54, 1.807) is 0 Å². The van der Waals surface area contributed by atoms with E-state index in [1.165, 1.54) is 0 Å². The van der Waals surface area contributed by atoms with Crippen LogP contribution in [0.3, 0.4) is 0 Å². The van der Waals surface area contributed by atoms with Gasteiger partial charge in [-0.25, -0.2) is 4.98 Å². The van der Waals surface area contributed by atoms with Gasteiger partial charge in [-0.3, -0.25) is 0 Å². The Kier molecular flexibility index (Phi) is 5.03. The molecule has 8 heteroatoms. The van der Waals surface area contributed by atoms with Gasteiger partial charge >= 0.3 is 0 Å². The zero-order valence-electron chi connectivity index (χ0n) is 16.9. The minimum atomic E-state index is -0.183. The molecule has 2 fully saturated rings. The number of nitrogens with zero attached hydrogens (tertiary/aromatic N) is 2. The van der Waals surface area contributed by atoms with Crippen LogP contribution in [0.25, 0.3) is 33.5 Å². The predicted octanol–water partition coefficient (Wildman–Crippen LogP) is 5.53. The van der Waals surface area contributed by atoms with Crippen molar-refractivity contribution in [2.45, 2.75) is 24.7 Å². The summed E-state index contributed by atoms with van der Waals surface area (Å²) in [6.07, 6.45) is 0.783. The van der Waals surface area contributed by atoms with E-state index in [4.69, 9.17) is 37.4 Å². The Labute approximate surface area is 194 Å². The molecule has 4 heterocycles.